The fourth-order valence-corrected chi connectivity index (χ4v) is 1.93. The molecular weight excluding hydrogens is 280 g/mol. The Morgan fingerprint density at radius 3 is 2.50 bits per heavy atom. The number of hydrogen-bond acceptors (Lipinski definition) is 4. The molecule has 0 radical (unpaired) electrons. The van der Waals surface area contributed by atoms with Crippen molar-refractivity contribution >= 4 is 11.6 Å². The van der Waals surface area contributed by atoms with E-state index in [1.807, 2.05) is 43.1 Å². The maximum Gasteiger partial charge on any atom is 0.220 e. The molecule has 0 fully saturated rings. The van der Waals surface area contributed by atoms with E-state index in [1.165, 1.54) is 5.56 Å². The predicted octanol–water partition coefficient (Wildman–Crippen LogP) is 2.46. The van der Waals surface area contributed by atoms with E-state index >= 15 is 0 Å². The van der Waals surface area contributed by atoms with Gasteiger partial charge in [-0.3, -0.25) is 9.80 Å². The van der Waals surface area contributed by atoms with Gasteiger partial charge < -0.3 is 10.4 Å². The first-order valence-electron chi connectivity index (χ1n) is 7.82. The molecule has 0 heterocycles. The number of carbonyl (C=O) groups is 1. The van der Waals surface area contributed by atoms with Crippen molar-refractivity contribution in [2.45, 2.75) is 33.1 Å². The van der Waals surface area contributed by atoms with Crippen LogP contribution in [-0.4, -0.2) is 42.3 Å². The van der Waals surface area contributed by atoms with Gasteiger partial charge in [-0.1, -0.05) is 17.4 Å². The van der Waals surface area contributed by atoms with Gasteiger partial charge in [0.2, 0.25) is 5.91 Å². The lowest BCUT2D eigenvalue weighted by molar-refractivity contribution is -0.121. The molecular formula is C16H26N4O2. The van der Waals surface area contributed by atoms with Crippen molar-refractivity contribution in [2.75, 3.05) is 26.2 Å². The summed E-state index contributed by atoms with van der Waals surface area (Å²) in [5, 5.41) is 21.5. The monoisotopic (exact) mass is 306 g/mol. The number of nitrogens with zero attached hydrogens (tertiary/aromatic N) is 3. The number of rotatable bonds is 10. The van der Waals surface area contributed by atoms with Gasteiger partial charge in [-0.25, -0.2) is 0 Å². The van der Waals surface area contributed by atoms with Gasteiger partial charge in [-0.05, 0) is 44.4 Å². The van der Waals surface area contributed by atoms with Gasteiger partial charge in [0.1, 0.15) is 0 Å². The molecule has 122 valence electrons. The summed E-state index contributed by atoms with van der Waals surface area (Å²) in [5.41, 5.74) is 2.01. The van der Waals surface area contributed by atoms with Crippen molar-refractivity contribution < 1.29 is 9.90 Å². The highest BCUT2D eigenvalue weighted by Gasteiger charge is 2.01. The third kappa shape index (κ3) is 7.17. The van der Waals surface area contributed by atoms with Gasteiger partial charge in [0.05, 0.1) is 12.3 Å². The Morgan fingerprint density at radius 2 is 1.91 bits per heavy atom. The van der Waals surface area contributed by atoms with Gasteiger partial charge >= 0.3 is 0 Å². The zero-order valence-electron chi connectivity index (χ0n) is 13.5. The summed E-state index contributed by atoms with van der Waals surface area (Å²) in [6.07, 6.45) is 2.11. The Bertz CT molecular complexity index is 456. The number of aryl methyl sites for hydroxylation is 1. The summed E-state index contributed by atoms with van der Waals surface area (Å²) in [4.78, 5) is 11.4. The first kappa shape index (κ1) is 18.1. The van der Waals surface area contributed by atoms with Crippen molar-refractivity contribution in [1.82, 2.24) is 10.3 Å². The van der Waals surface area contributed by atoms with Crippen LogP contribution < -0.4 is 5.32 Å². The van der Waals surface area contributed by atoms with Gasteiger partial charge in [0.15, 0.2) is 0 Å². The summed E-state index contributed by atoms with van der Waals surface area (Å²) in [6.45, 7) is 6.08. The highest BCUT2D eigenvalue weighted by molar-refractivity contribution is 5.75. The number of aliphatic hydroxyl groups excluding tert-OH is 1. The molecule has 0 saturated carbocycles. The molecule has 0 aliphatic rings. The van der Waals surface area contributed by atoms with Crippen LogP contribution >= 0.6 is 0 Å². The lowest BCUT2D eigenvalue weighted by atomic mass is 10.1. The largest absolute Gasteiger partial charge is 0.395 e. The Kier molecular flexibility index (Phi) is 8.83. The lowest BCUT2D eigenvalue weighted by Crippen LogP contribution is -2.26. The van der Waals surface area contributed by atoms with E-state index in [-0.39, 0.29) is 12.5 Å². The Morgan fingerprint density at radius 1 is 1.23 bits per heavy atom. The maximum atomic E-state index is 11.4. The molecule has 0 spiro atoms. The Balaban J connectivity index is 2.37. The average molecular weight is 306 g/mol. The van der Waals surface area contributed by atoms with Gasteiger partial charge in [-0.2, -0.15) is 0 Å². The minimum Gasteiger partial charge on any atom is -0.395 e. The van der Waals surface area contributed by atoms with Crippen molar-refractivity contribution in [2.24, 2.45) is 10.3 Å². The second-order valence-electron chi connectivity index (χ2n) is 4.92. The first-order chi connectivity index (χ1) is 10.7. The van der Waals surface area contributed by atoms with Crippen LogP contribution in [0, 0.1) is 0 Å². The molecule has 0 bridgehead atoms. The fraction of sp³-hybridized carbons (Fsp3) is 0.562. The van der Waals surface area contributed by atoms with Crippen LogP contribution in [0.2, 0.25) is 0 Å². The molecule has 22 heavy (non-hydrogen) atoms. The number of carbonyl (C=O) groups excluding carboxylic acids is 1. The molecule has 0 unspecified atom stereocenters. The first-order valence-corrected chi connectivity index (χ1v) is 7.82. The number of nitrogens with one attached hydrogen (secondary N) is 1. The molecule has 0 aliphatic heterocycles. The SMILES string of the molecule is CCN(CC)N=Nc1ccc(CCCC(=O)NCCO)cc1. The third-order valence-electron chi connectivity index (χ3n) is 3.26. The van der Waals surface area contributed by atoms with Crippen molar-refractivity contribution in [3.05, 3.63) is 29.8 Å². The van der Waals surface area contributed by atoms with Crippen molar-refractivity contribution in [3.63, 3.8) is 0 Å². The Hall–Kier alpha value is -1.95. The van der Waals surface area contributed by atoms with E-state index in [9.17, 15) is 4.79 Å². The molecule has 0 saturated heterocycles. The van der Waals surface area contributed by atoms with Gasteiger partial charge in [0.25, 0.3) is 0 Å². The smallest absolute Gasteiger partial charge is 0.220 e. The molecule has 0 aromatic heterocycles. The van der Waals surface area contributed by atoms with Crippen LogP contribution in [0.3, 0.4) is 0 Å². The van der Waals surface area contributed by atoms with Crippen LogP contribution in [0.25, 0.3) is 0 Å². The van der Waals surface area contributed by atoms with E-state index in [4.69, 9.17) is 5.11 Å². The molecule has 2 N–H and O–H groups in total. The topological polar surface area (TPSA) is 77.3 Å². The van der Waals surface area contributed by atoms with Crippen LogP contribution in [-0.2, 0) is 11.2 Å². The number of hydrogen-bond donors (Lipinski definition) is 2. The molecule has 0 atom stereocenters. The molecule has 0 aliphatic carbocycles. The summed E-state index contributed by atoms with van der Waals surface area (Å²) in [6, 6.07) is 7.91. The van der Waals surface area contributed by atoms with Crippen LogP contribution in [0.4, 0.5) is 5.69 Å². The molecule has 6 heteroatoms. The van der Waals surface area contributed by atoms with Crippen molar-refractivity contribution in [3.8, 4) is 0 Å². The molecule has 1 rings (SSSR count). The fourth-order valence-electron chi connectivity index (χ4n) is 1.93. The molecule has 1 aromatic rings. The highest BCUT2D eigenvalue weighted by atomic mass is 16.3. The minimum absolute atomic E-state index is 0.0151. The van der Waals surface area contributed by atoms with E-state index < -0.39 is 0 Å². The van der Waals surface area contributed by atoms with E-state index in [0.717, 1.165) is 31.6 Å². The second-order valence-corrected chi connectivity index (χ2v) is 4.92. The molecule has 6 nitrogen and oxygen atoms in total. The van der Waals surface area contributed by atoms with E-state index in [0.29, 0.717) is 13.0 Å². The maximum absolute atomic E-state index is 11.4. The summed E-state index contributed by atoms with van der Waals surface area (Å²) in [7, 11) is 0. The summed E-state index contributed by atoms with van der Waals surface area (Å²) >= 11 is 0. The van der Waals surface area contributed by atoms with Gasteiger partial charge in [-0.15, -0.1) is 5.11 Å². The lowest BCUT2D eigenvalue weighted by Gasteiger charge is -2.11. The second kappa shape index (κ2) is 10.7. The predicted molar refractivity (Wildman–Crippen MR) is 86.9 cm³/mol. The zero-order chi connectivity index (χ0) is 16.2. The van der Waals surface area contributed by atoms with Crippen molar-refractivity contribution in [1.29, 1.82) is 0 Å². The van der Waals surface area contributed by atoms with Crippen LogP contribution in [0.1, 0.15) is 32.3 Å². The zero-order valence-corrected chi connectivity index (χ0v) is 13.5. The summed E-state index contributed by atoms with van der Waals surface area (Å²) in [5.74, 6) is -0.0151. The number of amides is 1. The van der Waals surface area contributed by atoms with Gasteiger partial charge in [0, 0.05) is 26.1 Å². The molecule has 1 amide bonds. The Labute approximate surface area is 132 Å². The minimum atomic E-state index is -0.0186. The number of benzene rings is 1. The standard InChI is InChI=1S/C16H26N4O2/c1-3-20(4-2)19-18-15-10-8-14(9-11-15)6-5-7-16(22)17-12-13-21/h8-11,21H,3-7,12-13H2,1-2H3,(H,17,22). The normalized spacial score (nSPS) is 10.9. The van der Waals surface area contributed by atoms with E-state index in [2.05, 4.69) is 15.7 Å². The highest BCUT2D eigenvalue weighted by Crippen LogP contribution is 2.15. The molecule has 1 aromatic carbocycles. The quantitative estimate of drug-likeness (QED) is 0.515. The van der Waals surface area contributed by atoms with Crippen LogP contribution in [0.15, 0.2) is 34.6 Å². The average Bonchev–Trinajstić information content (AvgIpc) is 2.55. The van der Waals surface area contributed by atoms with Crippen LogP contribution in [0.5, 0.6) is 0 Å². The number of aliphatic hydroxyl groups is 1. The third-order valence-corrected chi connectivity index (χ3v) is 3.26. The summed E-state index contributed by atoms with van der Waals surface area (Å²) < 4.78 is 0. The van der Waals surface area contributed by atoms with E-state index in [1.54, 1.807) is 0 Å².